The van der Waals surface area contributed by atoms with Crippen LogP contribution in [-0.2, 0) is 0 Å². The minimum absolute atomic E-state index is 0.342. The van der Waals surface area contributed by atoms with Crippen LogP contribution in [-0.4, -0.2) is 56.1 Å². The molecule has 0 aromatic carbocycles. The first-order chi connectivity index (χ1) is 8.25. The molecule has 0 spiro atoms. The van der Waals surface area contributed by atoms with E-state index in [1.54, 1.807) is 0 Å². The van der Waals surface area contributed by atoms with E-state index in [1.807, 2.05) is 27.7 Å². The highest BCUT2D eigenvalue weighted by Crippen LogP contribution is 2.64. The summed E-state index contributed by atoms with van der Waals surface area (Å²) in [5, 5.41) is 40.7. The van der Waals surface area contributed by atoms with Gasteiger partial charge in [-0.15, -0.1) is 0 Å². The van der Waals surface area contributed by atoms with Gasteiger partial charge in [-0.25, -0.2) is 0 Å². The average molecular weight is 296 g/mol. The topological polar surface area (TPSA) is 80.9 Å². The molecule has 4 N–H and O–H groups in total. The highest BCUT2D eigenvalue weighted by atomic mass is 31.1. The molecule has 1 fully saturated rings. The Bertz CT molecular complexity index is 220. The van der Waals surface area contributed by atoms with Crippen molar-refractivity contribution in [3.8, 4) is 0 Å². The molecular formula is C12H26O4P2. The summed E-state index contributed by atoms with van der Waals surface area (Å²) in [5.41, 5.74) is 0. The van der Waals surface area contributed by atoms with E-state index in [0.717, 1.165) is 0 Å². The molecule has 108 valence electrons. The third-order valence-corrected chi connectivity index (χ3v) is 9.67. The summed E-state index contributed by atoms with van der Waals surface area (Å²) >= 11 is 0. The van der Waals surface area contributed by atoms with E-state index < -0.39 is 39.2 Å². The van der Waals surface area contributed by atoms with E-state index in [-0.39, 0.29) is 0 Å². The lowest BCUT2D eigenvalue weighted by Gasteiger charge is -2.45. The molecule has 1 aliphatic rings. The van der Waals surface area contributed by atoms with Crippen LogP contribution in [0.1, 0.15) is 27.7 Å². The molecule has 0 bridgehead atoms. The fraction of sp³-hybridized carbons (Fsp3) is 1.00. The smallest absolute Gasteiger partial charge is 0.105 e. The number of aliphatic hydroxyl groups is 4. The van der Waals surface area contributed by atoms with Gasteiger partial charge in [0.1, 0.15) is 23.4 Å². The predicted molar refractivity (Wildman–Crippen MR) is 77.3 cm³/mol. The molecule has 1 rings (SSSR count). The summed E-state index contributed by atoms with van der Waals surface area (Å²) in [6.45, 7) is 8.08. The van der Waals surface area contributed by atoms with E-state index in [0.29, 0.717) is 24.2 Å². The standard InChI is InChI=1S/C12H26O4P2/c1-7(2)5-17-9(13)11(15)18(6-8(3)4)12(16)10(17)14/h7-16H,5-6H2,1-4H3. The van der Waals surface area contributed by atoms with Crippen molar-refractivity contribution in [1.82, 2.24) is 0 Å². The van der Waals surface area contributed by atoms with Gasteiger partial charge in [-0.05, 0) is 40.0 Å². The first kappa shape index (κ1) is 16.8. The maximum atomic E-state index is 10.2. The molecule has 0 saturated carbocycles. The fourth-order valence-electron chi connectivity index (χ4n) is 2.27. The lowest BCUT2D eigenvalue weighted by Crippen LogP contribution is -2.42. The van der Waals surface area contributed by atoms with Gasteiger partial charge in [0.15, 0.2) is 0 Å². The van der Waals surface area contributed by atoms with Gasteiger partial charge < -0.3 is 20.4 Å². The van der Waals surface area contributed by atoms with Crippen LogP contribution >= 0.6 is 15.8 Å². The Morgan fingerprint density at radius 2 is 0.889 bits per heavy atom. The maximum Gasteiger partial charge on any atom is 0.105 e. The second kappa shape index (κ2) is 6.92. The van der Waals surface area contributed by atoms with Crippen LogP contribution in [0, 0.1) is 11.8 Å². The van der Waals surface area contributed by atoms with Gasteiger partial charge in [0.25, 0.3) is 0 Å². The SMILES string of the molecule is CC(C)CP1C(O)C(O)P(CC(C)C)C(O)C1O. The Morgan fingerprint density at radius 1 is 0.667 bits per heavy atom. The second-order valence-corrected chi connectivity index (χ2v) is 10.7. The summed E-state index contributed by atoms with van der Waals surface area (Å²) in [5.74, 6) is -2.74. The summed E-state index contributed by atoms with van der Waals surface area (Å²) < 4.78 is 0. The molecule has 6 heteroatoms. The van der Waals surface area contributed by atoms with Gasteiger partial charge in [0.05, 0.1) is 0 Å². The lowest BCUT2D eigenvalue weighted by atomic mass is 10.3. The van der Waals surface area contributed by atoms with Crippen molar-refractivity contribution in [1.29, 1.82) is 0 Å². The van der Waals surface area contributed by atoms with Gasteiger partial charge in [0.2, 0.25) is 0 Å². The predicted octanol–water partition coefficient (Wildman–Crippen LogP) is 1.55. The van der Waals surface area contributed by atoms with Crippen LogP contribution in [0.2, 0.25) is 0 Å². The number of hydrogen-bond acceptors (Lipinski definition) is 4. The van der Waals surface area contributed by atoms with Gasteiger partial charge in [-0.3, -0.25) is 0 Å². The van der Waals surface area contributed by atoms with Crippen molar-refractivity contribution < 1.29 is 20.4 Å². The first-order valence-electron chi connectivity index (χ1n) is 6.49. The fourth-order valence-corrected chi connectivity index (χ4v) is 8.87. The van der Waals surface area contributed by atoms with Crippen LogP contribution in [0.4, 0.5) is 0 Å². The van der Waals surface area contributed by atoms with Crippen molar-refractivity contribution in [2.24, 2.45) is 11.8 Å². The Morgan fingerprint density at radius 3 is 1.06 bits per heavy atom. The van der Waals surface area contributed by atoms with E-state index in [4.69, 9.17) is 0 Å². The van der Waals surface area contributed by atoms with Crippen molar-refractivity contribution in [2.75, 3.05) is 12.3 Å². The molecular weight excluding hydrogens is 270 g/mol. The van der Waals surface area contributed by atoms with Crippen LogP contribution in [0.5, 0.6) is 0 Å². The summed E-state index contributed by atoms with van der Waals surface area (Å²) in [7, 11) is -2.27. The highest BCUT2D eigenvalue weighted by molar-refractivity contribution is 7.66. The largest absolute Gasteiger partial charge is 0.385 e. The number of rotatable bonds is 4. The van der Waals surface area contributed by atoms with Crippen LogP contribution < -0.4 is 0 Å². The Labute approximate surface area is 112 Å². The molecule has 4 nitrogen and oxygen atoms in total. The summed E-state index contributed by atoms with van der Waals surface area (Å²) in [6, 6.07) is 0. The second-order valence-electron chi connectivity index (χ2n) is 5.84. The molecule has 0 aliphatic carbocycles. The highest BCUT2D eigenvalue weighted by Gasteiger charge is 2.47. The maximum absolute atomic E-state index is 10.2. The number of aliphatic hydroxyl groups excluding tert-OH is 4. The molecule has 0 aromatic heterocycles. The minimum Gasteiger partial charge on any atom is -0.385 e. The van der Waals surface area contributed by atoms with Crippen LogP contribution in [0.3, 0.4) is 0 Å². The van der Waals surface area contributed by atoms with Crippen molar-refractivity contribution >= 4 is 15.8 Å². The van der Waals surface area contributed by atoms with Crippen LogP contribution in [0.25, 0.3) is 0 Å². The third-order valence-electron chi connectivity index (χ3n) is 3.04. The first-order valence-corrected chi connectivity index (χ1v) is 9.82. The van der Waals surface area contributed by atoms with Crippen molar-refractivity contribution in [3.05, 3.63) is 0 Å². The van der Waals surface area contributed by atoms with E-state index in [9.17, 15) is 20.4 Å². The lowest BCUT2D eigenvalue weighted by molar-refractivity contribution is 0.0775. The minimum atomic E-state index is -1.14. The van der Waals surface area contributed by atoms with Gasteiger partial charge in [-0.2, -0.15) is 0 Å². The normalized spacial score (nSPS) is 41.7. The average Bonchev–Trinajstić information content (AvgIpc) is 2.27. The third kappa shape index (κ3) is 3.85. The molecule has 18 heavy (non-hydrogen) atoms. The Balaban J connectivity index is 2.81. The molecule has 1 saturated heterocycles. The summed E-state index contributed by atoms with van der Waals surface area (Å²) in [6.07, 6.45) is 1.35. The van der Waals surface area contributed by atoms with Crippen molar-refractivity contribution in [2.45, 2.75) is 51.1 Å². The van der Waals surface area contributed by atoms with E-state index in [2.05, 4.69) is 0 Å². The van der Waals surface area contributed by atoms with Gasteiger partial charge >= 0.3 is 0 Å². The van der Waals surface area contributed by atoms with Gasteiger partial charge in [-0.1, -0.05) is 27.7 Å². The van der Waals surface area contributed by atoms with Crippen molar-refractivity contribution in [3.63, 3.8) is 0 Å². The zero-order valence-electron chi connectivity index (χ0n) is 11.6. The summed E-state index contributed by atoms with van der Waals surface area (Å²) in [4.78, 5) is 0. The molecule has 4 unspecified atom stereocenters. The zero-order chi connectivity index (χ0) is 14.0. The Kier molecular flexibility index (Phi) is 6.44. The monoisotopic (exact) mass is 296 g/mol. The van der Waals surface area contributed by atoms with Crippen LogP contribution in [0.15, 0.2) is 0 Å². The quantitative estimate of drug-likeness (QED) is 0.593. The Hall–Kier alpha value is 0.700. The zero-order valence-corrected chi connectivity index (χ0v) is 13.4. The van der Waals surface area contributed by atoms with E-state index in [1.165, 1.54) is 0 Å². The molecule has 1 heterocycles. The molecule has 4 atom stereocenters. The number of hydrogen-bond donors (Lipinski definition) is 4. The van der Waals surface area contributed by atoms with Gasteiger partial charge in [0, 0.05) is 0 Å². The van der Waals surface area contributed by atoms with E-state index >= 15 is 0 Å². The molecule has 0 amide bonds. The molecule has 1 aliphatic heterocycles. The molecule has 0 radical (unpaired) electrons. The molecule has 0 aromatic rings.